The molecule has 0 spiro atoms. The molecular weight excluding hydrogens is 274 g/mol. The van der Waals surface area contributed by atoms with Gasteiger partial charge in [-0.3, -0.25) is 4.98 Å². The second-order valence-corrected chi connectivity index (χ2v) is 7.92. The highest BCUT2D eigenvalue weighted by molar-refractivity contribution is 7.89. The van der Waals surface area contributed by atoms with Gasteiger partial charge in [-0.2, -0.15) is 0 Å². The summed E-state index contributed by atoms with van der Waals surface area (Å²) in [5.41, 5.74) is 1.10. The van der Waals surface area contributed by atoms with E-state index in [1.165, 1.54) is 17.1 Å². The molecule has 6 heteroatoms. The summed E-state index contributed by atoms with van der Waals surface area (Å²) < 4.78 is 26.2. The van der Waals surface area contributed by atoms with E-state index in [0.717, 1.165) is 5.56 Å². The Morgan fingerprint density at radius 1 is 1.40 bits per heavy atom. The first-order valence-corrected chi connectivity index (χ1v) is 8.58. The molecule has 1 fully saturated rings. The summed E-state index contributed by atoms with van der Waals surface area (Å²) in [6.07, 6.45) is 6.51. The molecule has 1 heterocycles. The number of pyridine rings is 1. The van der Waals surface area contributed by atoms with E-state index in [4.69, 9.17) is 0 Å². The van der Waals surface area contributed by atoms with Gasteiger partial charge in [-0.15, -0.1) is 0 Å². The lowest BCUT2D eigenvalue weighted by Crippen LogP contribution is -2.41. The highest BCUT2D eigenvalue weighted by Gasteiger charge is 2.28. The van der Waals surface area contributed by atoms with Crippen LogP contribution in [0.25, 0.3) is 0 Å². The lowest BCUT2D eigenvalue weighted by molar-refractivity contribution is 0.459. The summed E-state index contributed by atoms with van der Waals surface area (Å²) in [5.74, 6) is 0. The lowest BCUT2D eigenvalue weighted by atomic mass is 10.2. The predicted molar refractivity (Wildman–Crippen MR) is 80.0 cm³/mol. The molecular formula is C14H23N3O2S. The molecule has 1 aromatic heterocycles. The van der Waals surface area contributed by atoms with Gasteiger partial charge in [0.25, 0.3) is 0 Å². The van der Waals surface area contributed by atoms with E-state index in [-0.39, 0.29) is 5.25 Å². The maximum Gasteiger partial charge on any atom is 0.217 e. The Kier molecular flexibility index (Phi) is 5.12. The van der Waals surface area contributed by atoms with Gasteiger partial charge in [-0.1, -0.05) is 0 Å². The van der Waals surface area contributed by atoms with Crippen molar-refractivity contribution in [2.45, 2.75) is 37.5 Å². The molecule has 0 bridgehead atoms. The monoisotopic (exact) mass is 297 g/mol. The van der Waals surface area contributed by atoms with E-state index in [9.17, 15) is 8.42 Å². The van der Waals surface area contributed by atoms with E-state index in [2.05, 4.69) is 10.3 Å². The molecule has 112 valence electrons. The van der Waals surface area contributed by atoms with Crippen LogP contribution in [0, 0.1) is 0 Å². The van der Waals surface area contributed by atoms with Crippen LogP contribution in [-0.2, 0) is 16.4 Å². The first-order chi connectivity index (χ1) is 9.50. The molecule has 1 N–H and O–H groups in total. The lowest BCUT2D eigenvalue weighted by Gasteiger charge is -2.22. The zero-order chi connectivity index (χ0) is 14.6. The fourth-order valence-corrected chi connectivity index (χ4v) is 3.26. The van der Waals surface area contributed by atoms with Crippen molar-refractivity contribution in [3.63, 3.8) is 0 Å². The second kappa shape index (κ2) is 6.65. The molecule has 1 aliphatic rings. The first kappa shape index (κ1) is 15.4. The van der Waals surface area contributed by atoms with Crippen molar-refractivity contribution >= 4 is 10.0 Å². The SMILES string of the molecule is CC(CNC1CC1)S(=O)(=O)N(C)CCc1ccncc1. The summed E-state index contributed by atoms with van der Waals surface area (Å²) in [7, 11) is -1.56. The fourth-order valence-electron chi connectivity index (χ4n) is 2.00. The number of rotatable bonds is 8. The molecule has 1 atom stereocenters. The van der Waals surface area contributed by atoms with Gasteiger partial charge >= 0.3 is 0 Å². The molecule has 1 saturated carbocycles. The van der Waals surface area contributed by atoms with E-state index >= 15 is 0 Å². The molecule has 0 radical (unpaired) electrons. The summed E-state index contributed by atoms with van der Waals surface area (Å²) in [6.45, 7) is 2.81. The van der Waals surface area contributed by atoms with Crippen molar-refractivity contribution in [3.8, 4) is 0 Å². The van der Waals surface area contributed by atoms with E-state index < -0.39 is 10.0 Å². The fraction of sp³-hybridized carbons (Fsp3) is 0.643. The van der Waals surface area contributed by atoms with Gasteiger partial charge in [-0.25, -0.2) is 12.7 Å². The Morgan fingerprint density at radius 2 is 2.05 bits per heavy atom. The molecule has 1 unspecified atom stereocenters. The van der Waals surface area contributed by atoms with Crippen molar-refractivity contribution in [1.29, 1.82) is 0 Å². The van der Waals surface area contributed by atoms with E-state index in [0.29, 0.717) is 25.6 Å². The Bertz CT molecular complexity index is 514. The molecule has 5 nitrogen and oxygen atoms in total. The standard InChI is InChI=1S/C14H23N3O2S/c1-12(11-16-14-3-4-14)20(18,19)17(2)10-7-13-5-8-15-9-6-13/h5-6,8-9,12,14,16H,3-4,7,10-11H2,1-2H3. The zero-order valence-corrected chi connectivity index (χ0v) is 12.9. The maximum absolute atomic E-state index is 12.4. The van der Waals surface area contributed by atoms with E-state index in [1.54, 1.807) is 26.4 Å². The average molecular weight is 297 g/mol. The molecule has 0 aromatic carbocycles. The number of nitrogens with one attached hydrogen (secondary N) is 1. The van der Waals surface area contributed by atoms with Gasteiger partial charge < -0.3 is 5.32 Å². The Hall–Kier alpha value is -0.980. The number of hydrogen-bond acceptors (Lipinski definition) is 4. The van der Waals surface area contributed by atoms with Crippen LogP contribution in [-0.4, -0.2) is 49.1 Å². The van der Waals surface area contributed by atoms with Gasteiger partial charge in [0.1, 0.15) is 0 Å². The summed E-state index contributed by atoms with van der Waals surface area (Å²) >= 11 is 0. The largest absolute Gasteiger partial charge is 0.313 e. The highest BCUT2D eigenvalue weighted by Crippen LogP contribution is 2.19. The third kappa shape index (κ3) is 4.26. The molecule has 0 amide bonds. The molecule has 2 rings (SSSR count). The van der Waals surface area contributed by atoms with Crippen LogP contribution in [0.5, 0.6) is 0 Å². The number of sulfonamides is 1. The van der Waals surface area contributed by atoms with Crippen molar-refractivity contribution < 1.29 is 8.42 Å². The van der Waals surface area contributed by atoms with Crippen LogP contribution in [0.4, 0.5) is 0 Å². The van der Waals surface area contributed by atoms with Crippen LogP contribution < -0.4 is 5.32 Å². The molecule has 20 heavy (non-hydrogen) atoms. The zero-order valence-electron chi connectivity index (χ0n) is 12.1. The van der Waals surface area contributed by atoms with Crippen LogP contribution in [0.1, 0.15) is 25.3 Å². The summed E-state index contributed by atoms with van der Waals surface area (Å²) in [6, 6.07) is 4.37. The molecule has 0 saturated heterocycles. The van der Waals surface area contributed by atoms with Crippen molar-refractivity contribution in [2.24, 2.45) is 0 Å². The predicted octanol–water partition coefficient (Wildman–Crippen LogP) is 1.03. The minimum atomic E-state index is -3.22. The van der Waals surface area contributed by atoms with Crippen LogP contribution in [0.3, 0.4) is 0 Å². The second-order valence-electron chi connectivity index (χ2n) is 5.47. The Balaban J connectivity index is 1.83. The van der Waals surface area contributed by atoms with Gasteiger partial charge in [0.05, 0.1) is 5.25 Å². The van der Waals surface area contributed by atoms with Crippen molar-refractivity contribution in [1.82, 2.24) is 14.6 Å². The van der Waals surface area contributed by atoms with Crippen LogP contribution >= 0.6 is 0 Å². The average Bonchev–Trinajstić information content (AvgIpc) is 3.27. The van der Waals surface area contributed by atoms with Crippen LogP contribution in [0.2, 0.25) is 0 Å². The van der Waals surface area contributed by atoms with Gasteiger partial charge in [0, 0.05) is 38.6 Å². The Morgan fingerprint density at radius 3 is 2.65 bits per heavy atom. The number of aromatic nitrogens is 1. The minimum Gasteiger partial charge on any atom is -0.313 e. The first-order valence-electron chi connectivity index (χ1n) is 7.07. The van der Waals surface area contributed by atoms with Crippen molar-refractivity contribution in [3.05, 3.63) is 30.1 Å². The molecule has 1 aromatic rings. The summed E-state index contributed by atoms with van der Waals surface area (Å²) in [4.78, 5) is 3.96. The van der Waals surface area contributed by atoms with Gasteiger partial charge in [0.15, 0.2) is 0 Å². The number of hydrogen-bond donors (Lipinski definition) is 1. The summed E-state index contributed by atoms with van der Waals surface area (Å²) in [5, 5.41) is 2.89. The van der Waals surface area contributed by atoms with Crippen LogP contribution in [0.15, 0.2) is 24.5 Å². The maximum atomic E-state index is 12.4. The number of likely N-dealkylation sites (N-methyl/N-ethyl adjacent to an activating group) is 1. The van der Waals surface area contributed by atoms with Gasteiger partial charge in [-0.05, 0) is 43.9 Å². The Labute approximate surface area is 121 Å². The number of nitrogens with zero attached hydrogens (tertiary/aromatic N) is 2. The quantitative estimate of drug-likeness (QED) is 0.778. The molecule has 1 aliphatic carbocycles. The van der Waals surface area contributed by atoms with Gasteiger partial charge in [0.2, 0.25) is 10.0 Å². The minimum absolute atomic E-state index is 0.384. The third-order valence-electron chi connectivity index (χ3n) is 3.68. The molecule has 0 aliphatic heterocycles. The highest BCUT2D eigenvalue weighted by atomic mass is 32.2. The normalized spacial score (nSPS) is 17.4. The van der Waals surface area contributed by atoms with Crippen molar-refractivity contribution in [2.75, 3.05) is 20.1 Å². The van der Waals surface area contributed by atoms with E-state index in [1.807, 2.05) is 12.1 Å². The topological polar surface area (TPSA) is 62.3 Å². The smallest absolute Gasteiger partial charge is 0.217 e. The third-order valence-corrected chi connectivity index (χ3v) is 5.91.